The lowest BCUT2D eigenvalue weighted by molar-refractivity contribution is -0.705. The van der Waals surface area contributed by atoms with E-state index < -0.39 is 0 Å². The number of rotatable bonds is 3. The Bertz CT molecular complexity index is 727. The van der Waals surface area contributed by atoms with Crippen molar-refractivity contribution in [2.45, 2.75) is 61.4 Å². The molecule has 0 saturated carbocycles. The minimum Gasteiger partial charge on any atom is -0.203 e. The molecule has 118 valence electrons. The molecule has 0 atom stereocenters. The van der Waals surface area contributed by atoms with Gasteiger partial charge in [0.1, 0.15) is 13.6 Å². The van der Waals surface area contributed by atoms with Gasteiger partial charge in [0.2, 0.25) is 0 Å². The maximum absolute atomic E-state index is 2.40. The second kappa shape index (κ2) is 6.20. The van der Waals surface area contributed by atoms with Crippen molar-refractivity contribution in [3.8, 4) is 0 Å². The van der Waals surface area contributed by atoms with Crippen LogP contribution in [0.3, 0.4) is 0 Å². The molecular formula is C20H30N2+2. The number of aromatic nitrogens is 2. The molecule has 2 aromatic heterocycles. The Morgan fingerprint density at radius 3 is 1.82 bits per heavy atom. The molecule has 0 amide bonds. The van der Waals surface area contributed by atoms with Crippen molar-refractivity contribution >= 4 is 0 Å². The van der Waals surface area contributed by atoms with Crippen LogP contribution in [0.4, 0.5) is 0 Å². The first-order chi connectivity index (χ1) is 10.3. The van der Waals surface area contributed by atoms with Gasteiger partial charge >= 0.3 is 0 Å². The van der Waals surface area contributed by atoms with Gasteiger partial charge in [-0.3, -0.25) is 0 Å². The lowest BCUT2D eigenvalue weighted by Crippen LogP contribution is -2.40. The van der Waals surface area contributed by atoms with Crippen LogP contribution in [-0.2, 0) is 20.0 Å². The fourth-order valence-corrected chi connectivity index (χ4v) is 3.40. The van der Waals surface area contributed by atoms with Gasteiger partial charge in [-0.05, 0) is 38.3 Å². The zero-order valence-corrected chi connectivity index (χ0v) is 15.5. The van der Waals surface area contributed by atoms with Crippen molar-refractivity contribution < 1.29 is 9.13 Å². The summed E-state index contributed by atoms with van der Waals surface area (Å²) in [4.78, 5) is 0. The second-order valence-corrected chi connectivity index (χ2v) is 6.52. The lowest BCUT2D eigenvalue weighted by Gasteiger charge is -2.13. The molecule has 0 saturated heterocycles. The molecule has 2 aromatic rings. The molecule has 0 bridgehead atoms. The quantitative estimate of drug-likeness (QED) is 0.769. The van der Waals surface area contributed by atoms with E-state index in [1.807, 2.05) is 0 Å². The minimum atomic E-state index is 1.02. The van der Waals surface area contributed by atoms with Gasteiger partial charge in [0.05, 0.1) is 0 Å². The van der Waals surface area contributed by atoms with E-state index in [1.165, 1.54) is 45.0 Å². The highest BCUT2D eigenvalue weighted by molar-refractivity contribution is 5.37. The average molecular weight is 298 g/mol. The maximum atomic E-state index is 2.40. The van der Waals surface area contributed by atoms with Crippen molar-refractivity contribution in [2.24, 2.45) is 7.05 Å². The zero-order chi connectivity index (χ0) is 16.6. The third kappa shape index (κ3) is 2.79. The summed E-state index contributed by atoms with van der Waals surface area (Å²) in [5.74, 6) is 0. The molecule has 0 aliphatic rings. The fraction of sp³-hybridized carbons (Fsp3) is 0.500. The minimum absolute atomic E-state index is 1.02. The van der Waals surface area contributed by atoms with Gasteiger partial charge in [0.15, 0.2) is 22.8 Å². The summed E-state index contributed by atoms with van der Waals surface area (Å²) in [6.45, 7) is 16.6. The number of aryl methyl sites for hydroxylation is 2. The highest BCUT2D eigenvalue weighted by atomic mass is 15.0. The summed E-state index contributed by atoms with van der Waals surface area (Å²) in [6, 6.07) is 4.70. The van der Waals surface area contributed by atoms with Crippen LogP contribution in [0.2, 0.25) is 0 Å². The van der Waals surface area contributed by atoms with E-state index in [4.69, 9.17) is 0 Å². The van der Waals surface area contributed by atoms with Crippen molar-refractivity contribution in [1.82, 2.24) is 0 Å². The molecule has 0 N–H and O–H groups in total. The maximum Gasteiger partial charge on any atom is 0.181 e. The molecule has 0 radical (unpaired) electrons. The van der Waals surface area contributed by atoms with E-state index in [0.717, 1.165) is 13.0 Å². The van der Waals surface area contributed by atoms with Crippen molar-refractivity contribution in [3.05, 3.63) is 57.2 Å². The number of nitrogens with zero attached hydrogens (tertiary/aromatic N) is 2. The van der Waals surface area contributed by atoms with E-state index in [2.05, 4.69) is 76.8 Å². The lowest BCUT2D eigenvalue weighted by atomic mass is 9.95. The molecule has 0 unspecified atom stereocenters. The molecule has 0 fully saturated rings. The molecule has 2 heterocycles. The van der Waals surface area contributed by atoms with E-state index in [9.17, 15) is 0 Å². The first-order valence-electron chi connectivity index (χ1n) is 8.23. The Morgan fingerprint density at radius 1 is 0.773 bits per heavy atom. The second-order valence-electron chi connectivity index (χ2n) is 6.52. The summed E-state index contributed by atoms with van der Waals surface area (Å²) in [7, 11) is 2.15. The fourth-order valence-electron chi connectivity index (χ4n) is 3.40. The van der Waals surface area contributed by atoms with Gasteiger partial charge < -0.3 is 0 Å². The van der Waals surface area contributed by atoms with Crippen LogP contribution < -0.4 is 9.13 Å². The summed E-state index contributed by atoms with van der Waals surface area (Å²) in [5.41, 5.74) is 11.2. The van der Waals surface area contributed by atoms with Crippen molar-refractivity contribution in [3.63, 3.8) is 0 Å². The Morgan fingerprint density at radius 2 is 1.27 bits per heavy atom. The van der Waals surface area contributed by atoms with Crippen LogP contribution >= 0.6 is 0 Å². The molecule has 2 heteroatoms. The Balaban J connectivity index is 2.53. The predicted octanol–water partition coefficient (Wildman–Crippen LogP) is 3.26. The Hall–Kier alpha value is -1.70. The Labute approximate surface area is 135 Å². The van der Waals surface area contributed by atoms with Crippen molar-refractivity contribution in [2.75, 3.05) is 0 Å². The monoisotopic (exact) mass is 298 g/mol. The standard InChI is InChI=1S/C20H30N2/c1-9-22-14(3)11-20(16(5)18(22)7)12-19-10-13(2)21(8)17(6)15(19)4/h10-11H,9,12H2,1-8H3/q+2. The third-order valence-electron chi connectivity index (χ3n) is 5.37. The van der Waals surface area contributed by atoms with Crippen LogP contribution in [-0.4, -0.2) is 0 Å². The molecule has 0 aliphatic carbocycles. The van der Waals surface area contributed by atoms with E-state index >= 15 is 0 Å². The highest BCUT2D eigenvalue weighted by Crippen LogP contribution is 2.20. The van der Waals surface area contributed by atoms with Crippen LogP contribution in [0.25, 0.3) is 0 Å². The number of pyridine rings is 2. The molecule has 0 aromatic carbocycles. The number of hydrogen-bond donors (Lipinski definition) is 0. The first-order valence-corrected chi connectivity index (χ1v) is 8.23. The summed E-state index contributed by atoms with van der Waals surface area (Å²) < 4.78 is 4.67. The molecular weight excluding hydrogens is 268 g/mol. The summed E-state index contributed by atoms with van der Waals surface area (Å²) in [5, 5.41) is 0. The summed E-state index contributed by atoms with van der Waals surface area (Å²) in [6.07, 6.45) is 1.02. The summed E-state index contributed by atoms with van der Waals surface area (Å²) >= 11 is 0. The van der Waals surface area contributed by atoms with Crippen LogP contribution in [0.5, 0.6) is 0 Å². The zero-order valence-electron chi connectivity index (χ0n) is 15.5. The number of hydrogen-bond acceptors (Lipinski definition) is 0. The first kappa shape index (κ1) is 16.7. The highest BCUT2D eigenvalue weighted by Gasteiger charge is 2.19. The third-order valence-corrected chi connectivity index (χ3v) is 5.37. The van der Waals surface area contributed by atoms with Gasteiger partial charge in [-0.2, -0.15) is 0 Å². The topological polar surface area (TPSA) is 7.76 Å². The van der Waals surface area contributed by atoms with E-state index in [0.29, 0.717) is 0 Å². The van der Waals surface area contributed by atoms with E-state index in [1.54, 1.807) is 0 Å². The van der Waals surface area contributed by atoms with Crippen LogP contribution in [0.15, 0.2) is 12.1 Å². The molecule has 22 heavy (non-hydrogen) atoms. The predicted molar refractivity (Wildman–Crippen MR) is 91.2 cm³/mol. The molecule has 2 nitrogen and oxygen atoms in total. The molecule has 2 rings (SSSR count). The Kier molecular flexibility index (Phi) is 4.69. The average Bonchev–Trinajstić information content (AvgIpc) is 2.48. The van der Waals surface area contributed by atoms with Crippen LogP contribution in [0.1, 0.15) is 52.0 Å². The van der Waals surface area contributed by atoms with Gasteiger partial charge in [-0.15, -0.1) is 0 Å². The van der Waals surface area contributed by atoms with Gasteiger partial charge in [-0.1, -0.05) is 0 Å². The van der Waals surface area contributed by atoms with Crippen LogP contribution in [0, 0.1) is 41.5 Å². The SMILES string of the molecule is CC[n+]1c(C)cc(Cc2cc(C)[n+](C)c(C)c2C)c(C)c1C. The van der Waals surface area contributed by atoms with Gasteiger partial charge in [0, 0.05) is 51.0 Å². The molecule has 0 aliphatic heterocycles. The normalized spacial score (nSPS) is 11.1. The van der Waals surface area contributed by atoms with Crippen molar-refractivity contribution in [1.29, 1.82) is 0 Å². The van der Waals surface area contributed by atoms with E-state index in [-0.39, 0.29) is 0 Å². The smallest absolute Gasteiger partial charge is 0.181 e. The largest absolute Gasteiger partial charge is 0.203 e. The van der Waals surface area contributed by atoms with Gasteiger partial charge in [0.25, 0.3) is 0 Å². The molecule has 0 spiro atoms. The van der Waals surface area contributed by atoms with Gasteiger partial charge in [-0.25, -0.2) is 9.13 Å².